The van der Waals surface area contributed by atoms with Crippen molar-refractivity contribution in [1.29, 1.82) is 0 Å². The first-order valence-electron chi connectivity index (χ1n) is 6.54. The van der Waals surface area contributed by atoms with Crippen molar-refractivity contribution in [2.75, 3.05) is 12.3 Å². The number of carbonyl (C=O) groups is 1. The van der Waals surface area contributed by atoms with Crippen LogP contribution in [0, 0.1) is 13.8 Å². The maximum atomic E-state index is 12.1. The van der Waals surface area contributed by atoms with Crippen LogP contribution in [0.3, 0.4) is 0 Å². The lowest BCUT2D eigenvalue weighted by Crippen LogP contribution is -2.24. The van der Waals surface area contributed by atoms with Crippen molar-refractivity contribution in [2.24, 2.45) is 0 Å². The van der Waals surface area contributed by atoms with Crippen LogP contribution in [0.1, 0.15) is 40.7 Å². The molecule has 2 aromatic heterocycles. The molecule has 2 aromatic rings. The first-order valence-corrected chi connectivity index (χ1v) is 7.36. The molecule has 0 saturated heterocycles. The van der Waals surface area contributed by atoms with Gasteiger partial charge in [-0.1, -0.05) is 24.7 Å². The monoisotopic (exact) mass is 278 g/mol. The second-order valence-corrected chi connectivity index (χ2v) is 5.81. The molecule has 2 heterocycles. The Morgan fingerprint density at radius 2 is 2.21 bits per heavy atom. The third-order valence-electron chi connectivity index (χ3n) is 3.11. The molecule has 102 valence electrons. The maximum Gasteiger partial charge on any atom is 0.270 e. The van der Waals surface area contributed by atoms with Crippen molar-refractivity contribution in [1.82, 2.24) is 5.32 Å². The van der Waals surface area contributed by atoms with Crippen LogP contribution >= 0.6 is 11.3 Å². The first-order chi connectivity index (χ1) is 9.04. The second kappa shape index (κ2) is 5.57. The van der Waals surface area contributed by atoms with E-state index in [1.807, 2.05) is 19.9 Å². The van der Waals surface area contributed by atoms with E-state index in [0.717, 1.165) is 34.3 Å². The number of nitrogens with two attached hydrogens (primary N) is 1. The highest BCUT2D eigenvalue weighted by Crippen LogP contribution is 2.33. The van der Waals surface area contributed by atoms with Gasteiger partial charge in [-0.2, -0.15) is 4.98 Å². The topological polar surface area (TPSA) is 69.3 Å². The summed E-state index contributed by atoms with van der Waals surface area (Å²) in [5, 5.41) is 3.88. The zero-order chi connectivity index (χ0) is 14.0. The van der Waals surface area contributed by atoms with E-state index >= 15 is 0 Å². The average molecular weight is 278 g/mol. The number of fused-ring (bicyclic) bond motifs is 1. The summed E-state index contributed by atoms with van der Waals surface area (Å²) in [5.41, 5.74) is 8.89. The third kappa shape index (κ3) is 2.71. The molecule has 0 radical (unpaired) electrons. The Labute approximate surface area is 117 Å². The summed E-state index contributed by atoms with van der Waals surface area (Å²) in [5.74, 6) is -0.0717. The molecule has 5 heteroatoms. The Bertz CT molecular complexity index is 619. The van der Waals surface area contributed by atoms with Gasteiger partial charge in [-0.15, -0.1) is 0 Å². The van der Waals surface area contributed by atoms with E-state index in [1.54, 1.807) is 0 Å². The summed E-state index contributed by atoms with van der Waals surface area (Å²) in [7, 11) is 0. The van der Waals surface area contributed by atoms with Gasteiger partial charge >= 0.3 is 0 Å². The number of rotatable bonds is 4. The molecule has 0 aliphatic heterocycles. The molecule has 0 fully saturated rings. The number of aromatic nitrogens is 1. The molecule has 0 unspecified atom stereocenters. The fourth-order valence-electron chi connectivity index (χ4n) is 2.16. The van der Waals surface area contributed by atoms with Crippen LogP contribution in [0.2, 0.25) is 0 Å². The Morgan fingerprint density at radius 3 is 2.89 bits per heavy atom. The molecule has 19 heavy (non-hydrogen) atoms. The van der Waals surface area contributed by atoms with Crippen molar-refractivity contribution in [2.45, 2.75) is 33.6 Å². The minimum absolute atomic E-state index is 0.0717. The van der Waals surface area contributed by atoms with Gasteiger partial charge in [0.05, 0.1) is 11.1 Å². The van der Waals surface area contributed by atoms with Gasteiger partial charge in [-0.05, 0) is 18.9 Å². The number of thiophene rings is 1. The van der Waals surface area contributed by atoms with E-state index in [2.05, 4.69) is 17.2 Å². The Morgan fingerprint density at radius 1 is 1.47 bits per heavy atom. The van der Waals surface area contributed by atoms with Crippen LogP contribution in [0.5, 0.6) is 0 Å². The van der Waals surface area contributed by atoms with E-state index in [4.69, 9.17) is 5.73 Å². The van der Waals surface area contributed by atoms with E-state index in [0.29, 0.717) is 17.1 Å². The minimum atomic E-state index is -0.0717. The number of unbranched alkanes of at least 4 members (excludes halogenated alkanes) is 1. The average Bonchev–Trinajstić information content (AvgIpc) is 2.66. The van der Waals surface area contributed by atoms with Crippen LogP contribution < -0.4 is 16.0 Å². The molecular formula is C14H20N3OS+. The van der Waals surface area contributed by atoms with Crippen molar-refractivity contribution in [3.63, 3.8) is 0 Å². The molecule has 4 nitrogen and oxygen atoms in total. The van der Waals surface area contributed by atoms with Gasteiger partial charge in [0.1, 0.15) is 4.88 Å². The highest BCUT2D eigenvalue weighted by atomic mass is 32.1. The van der Waals surface area contributed by atoms with Crippen molar-refractivity contribution in [3.05, 3.63) is 22.2 Å². The van der Waals surface area contributed by atoms with Crippen LogP contribution in [0.15, 0.2) is 6.07 Å². The van der Waals surface area contributed by atoms with Gasteiger partial charge < -0.3 is 11.1 Å². The molecule has 0 saturated carbocycles. The number of nitrogens with one attached hydrogen (secondary N) is 2. The SMILES string of the molecule is CCCCNC(=O)c1sc2[nH+]c(C)cc(C)c2c1N. The van der Waals surface area contributed by atoms with Crippen LogP contribution in [0.4, 0.5) is 5.69 Å². The predicted molar refractivity (Wildman–Crippen MR) is 79.5 cm³/mol. The number of carbonyl (C=O) groups excluding carboxylic acids is 1. The van der Waals surface area contributed by atoms with E-state index in [-0.39, 0.29) is 5.91 Å². The quantitative estimate of drug-likeness (QED) is 0.843. The largest absolute Gasteiger partial charge is 0.397 e. The predicted octanol–water partition coefficient (Wildman–Crippen LogP) is 2.44. The first kappa shape index (κ1) is 13.8. The molecule has 0 atom stereocenters. The summed E-state index contributed by atoms with van der Waals surface area (Å²) in [6.07, 6.45) is 2.05. The third-order valence-corrected chi connectivity index (χ3v) is 4.23. The number of hydrogen-bond donors (Lipinski definition) is 2. The number of hydrogen-bond acceptors (Lipinski definition) is 3. The molecule has 4 N–H and O–H groups in total. The van der Waals surface area contributed by atoms with Gasteiger partial charge in [0.2, 0.25) is 0 Å². The number of H-pyrrole nitrogens is 1. The zero-order valence-corrected chi connectivity index (χ0v) is 12.4. The molecule has 0 aliphatic rings. The Hall–Kier alpha value is -1.62. The van der Waals surface area contributed by atoms with E-state index in [1.165, 1.54) is 11.3 Å². The minimum Gasteiger partial charge on any atom is -0.397 e. The summed E-state index contributed by atoms with van der Waals surface area (Å²) in [4.78, 5) is 17.0. The smallest absolute Gasteiger partial charge is 0.270 e. The fourth-order valence-corrected chi connectivity index (χ4v) is 3.33. The van der Waals surface area contributed by atoms with E-state index in [9.17, 15) is 4.79 Å². The second-order valence-electron chi connectivity index (χ2n) is 4.79. The maximum absolute atomic E-state index is 12.1. The lowest BCUT2D eigenvalue weighted by atomic mass is 10.1. The summed E-state index contributed by atoms with van der Waals surface area (Å²) < 4.78 is 0. The van der Waals surface area contributed by atoms with Crippen molar-refractivity contribution >= 4 is 33.1 Å². The van der Waals surface area contributed by atoms with Gasteiger partial charge in [0.15, 0.2) is 5.69 Å². The summed E-state index contributed by atoms with van der Waals surface area (Å²) >= 11 is 1.43. The van der Waals surface area contributed by atoms with Gasteiger partial charge in [0, 0.05) is 19.5 Å². The zero-order valence-electron chi connectivity index (χ0n) is 11.6. The normalized spacial score (nSPS) is 10.9. The number of pyridine rings is 1. The van der Waals surface area contributed by atoms with Crippen LogP contribution in [-0.2, 0) is 0 Å². The van der Waals surface area contributed by atoms with Gasteiger partial charge in [0.25, 0.3) is 10.7 Å². The van der Waals surface area contributed by atoms with Gasteiger partial charge in [-0.25, -0.2) is 0 Å². The fraction of sp³-hybridized carbons (Fsp3) is 0.429. The van der Waals surface area contributed by atoms with Crippen molar-refractivity contribution < 1.29 is 9.78 Å². The Kier molecular flexibility index (Phi) is 4.04. The molecule has 2 rings (SSSR count). The van der Waals surface area contributed by atoms with Gasteiger partial charge in [-0.3, -0.25) is 4.79 Å². The van der Waals surface area contributed by atoms with Crippen molar-refractivity contribution in [3.8, 4) is 0 Å². The molecule has 0 bridgehead atoms. The molecule has 0 aliphatic carbocycles. The number of anilines is 1. The summed E-state index contributed by atoms with van der Waals surface area (Å²) in [6, 6.07) is 2.05. The van der Waals surface area contributed by atoms with E-state index < -0.39 is 0 Å². The number of nitrogen functional groups attached to an aromatic ring is 1. The molecule has 1 amide bonds. The Balaban J connectivity index is 2.37. The number of aryl methyl sites for hydroxylation is 2. The lowest BCUT2D eigenvalue weighted by molar-refractivity contribution is -0.351. The highest BCUT2D eigenvalue weighted by Gasteiger charge is 2.21. The molecular weight excluding hydrogens is 258 g/mol. The number of aromatic amines is 1. The molecule has 0 spiro atoms. The molecule has 0 aromatic carbocycles. The van der Waals surface area contributed by atoms with Crippen LogP contribution in [-0.4, -0.2) is 12.5 Å². The highest BCUT2D eigenvalue weighted by molar-refractivity contribution is 7.20. The lowest BCUT2D eigenvalue weighted by Gasteiger charge is -2.02. The standard InChI is InChI=1S/C14H19N3OS/c1-4-5-6-16-13(18)12-11(15)10-8(2)7-9(3)17-14(10)19-12/h7H,4-6,15H2,1-3H3,(H,16,18)/p+1. The van der Waals surface area contributed by atoms with Crippen LogP contribution in [0.25, 0.3) is 10.2 Å². The number of amides is 1. The summed E-state index contributed by atoms with van der Waals surface area (Å²) in [6.45, 7) is 6.82.